The van der Waals surface area contributed by atoms with Crippen LogP contribution in [-0.2, 0) is 6.54 Å². The van der Waals surface area contributed by atoms with Crippen molar-refractivity contribution in [3.8, 4) is 0 Å². The van der Waals surface area contributed by atoms with Crippen LogP contribution in [-0.4, -0.2) is 19.9 Å². The minimum atomic E-state index is 0.649. The van der Waals surface area contributed by atoms with Crippen LogP contribution in [0.1, 0.15) is 37.8 Å². The lowest BCUT2D eigenvalue weighted by molar-refractivity contribution is 0.800. The Kier molecular flexibility index (Phi) is 7.87. The van der Waals surface area contributed by atoms with E-state index in [2.05, 4.69) is 60.3 Å². The third-order valence-corrected chi connectivity index (χ3v) is 4.62. The molecule has 0 aliphatic carbocycles. The second-order valence-electron chi connectivity index (χ2n) is 6.48. The van der Waals surface area contributed by atoms with Crippen molar-refractivity contribution >= 4 is 22.8 Å². The fourth-order valence-electron chi connectivity index (χ4n) is 3.48. The van der Waals surface area contributed by atoms with Crippen molar-refractivity contribution in [1.82, 2.24) is 0 Å². The standard InChI is InChI=1S/C14H15N.C8H10N2.C2H6/c1-10-9-15(2)13-8-7-11-5-3-4-6-12(11)14(10)13;9-7-10-6-8-4-2-1-3-5-8;1-2/h3-8,10H,9H2,1-2H3;1-5,7H,6H2,(H2,9,10);1-2H3. The highest BCUT2D eigenvalue weighted by Crippen LogP contribution is 2.39. The van der Waals surface area contributed by atoms with Crippen LogP contribution < -0.4 is 10.6 Å². The molecule has 0 spiro atoms. The molecule has 0 saturated carbocycles. The van der Waals surface area contributed by atoms with E-state index < -0.39 is 0 Å². The Balaban J connectivity index is 0.000000191. The zero-order chi connectivity index (χ0) is 19.6. The fraction of sp³-hybridized carbons (Fsp3) is 0.292. The van der Waals surface area contributed by atoms with Gasteiger partial charge in [0.15, 0.2) is 0 Å². The Bertz CT molecular complexity index is 856. The Labute approximate surface area is 163 Å². The molecular weight excluding hydrogens is 330 g/mol. The molecular formula is C24H31N3. The number of anilines is 1. The smallest absolute Gasteiger partial charge is 0.0801 e. The van der Waals surface area contributed by atoms with Crippen LogP contribution in [0, 0.1) is 0 Å². The maximum atomic E-state index is 5.08. The summed E-state index contributed by atoms with van der Waals surface area (Å²) in [6.07, 6.45) is 1.33. The number of fused-ring (bicyclic) bond motifs is 3. The third kappa shape index (κ3) is 5.10. The van der Waals surface area contributed by atoms with Crippen molar-refractivity contribution in [2.75, 3.05) is 18.5 Å². The van der Waals surface area contributed by atoms with Crippen LogP contribution in [0.2, 0.25) is 0 Å². The van der Waals surface area contributed by atoms with E-state index in [-0.39, 0.29) is 0 Å². The predicted molar refractivity (Wildman–Crippen MR) is 120 cm³/mol. The molecule has 0 bridgehead atoms. The van der Waals surface area contributed by atoms with Gasteiger partial charge in [-0.3, -0.25) is 4.99 Å². The van der Waals surface area contributed by atoms with Crippen molar-refractivity contribution in [2.45, 2.75) is 33.2 Å². The minimum Gasteiger partial charge on any atom is -0.390 e. The van der Waals surface area contributed by atoms with Gasteiger partial charge in [0.05, 0.1) is 12.9 Å². The molecule has 1 aliphatic heterocycles. The van der Waals surface area contributed by atoms with E-state index in [9.17, 15) is 0 Å². The second-order valence-corrected chi connectivity index (χ2v) is 6.48. The molecule has 2 N–H and O–H groups in total. The summed E-state index contributed by atoms with van der Waals surface area (Å²) in [6, 6.07) is 23.2. The van der Waals surface area contributed by atoms with E-state index in [1.165, 1.54) is 33.9 Å². The molecule has 0 radical (unpaired) electrons. The van der Waals surface area contributed by atoms with Crippen LogP contribution in [0.15, 0.2) is 71.7 Å². The van der Waals surface area contributed by atoms with E-state index in [4.69, 9.17) is 5.73 Å². The first-order chi connectivity index (χ1) is 13.2. The summed E-state index contributed by atoms with van der Waals surface area (Å²) in [5.41, 5.74) is 9.20. The zero-order valence-electron chi connectivity index (χ0n) is 16.9. The number of hydrogen-bond acceptors (Lipinski definition) is 2. The number of nitrogens with zero attached hydrogens (tertiary/aromatic N) is 2. The Morgan fingerprint density at radius 2 is 1.67 bits per heavy atom. The molecule has 4 rings (SSSR count). The predicted octanol–water partition coefficient (Wildman–Crippen LogP) is 5.59. The lowest BCUT2D eigenvalue weighted by Crippen LogP contribution is -2.13. The summed E-state index contributed by atoms with van der Waals surface area (Å²) in [7, 11) is 2.18. The lowest BCUT2D eigenvalue weighted by atomic mass is 9.96. The van der Waals surface area contributed by atoms with E-state index in [0.29, 0.717) is 12.5 Å². The van der Waals surface area contributed by atoms with Crippen LogP contribution in [0.25, 0.3) is 10.8 Å². The first-order valence-electron chi connectivity index (χ1n) is 9.67. The maximum Gasteiger partial charge on any atom is 0.0801 e. The van der Waals surface area contributed by atoms with Crippen LogP contribution in [0.3, 0.4) is 0 Å². The molecule has 3 heteroatoms. The van der Waals surface area contributed by atoms with Gasteiger partial charge in [-0.05, 0) is 28.0 Å². The molecule has 0 amide bonds. The molecule has 27 heavy (non-hydrogen) atoms. The molecule has 0 saturated heterocycles. The lowest BCUT2D eigenvalue weighted by Gasteiger charge is -2.12. The topological polar surface area (TPSA) is 41.6 Å². The molecule has 3 nitrogen and oxygen atoms in total. The summed E-state index contributed by atoms with van der Waals surface area (Å²) in [6.45, 7) is 8.13. The molecule has 1 heterocycles. The Hall–Kier alpha value is -2.81. The normalized spacial score (nSPS) is 15.0. The summed E-state index contributed by atoms with van der Waals surface area (Å²) in [5.74, 6) is 0.649. The van der Waals surface area contributed by atoms with E-state index in [1.807, 2.05) is 44.2 Å². The number of aliphatic imine (C=N–C) groups is 1. The minimum absolute atomic E-state index is 0.649. The first kappa shape index (κ1) is 20.5. The largest absolute Gasteiger partial charge is 0.390 e. The number of nitrogens with two attached hydrogens (primary N) is 1. The molecule has 142 valence electrons. The number of rotatable bonds is 2. The van der Waals surface area contributed by atoms with Crippen molar-refractivity contribution in [3.05, 3.63) is 77.9 Å². The highest BCUT2D eigenvalue weighted by atomic mass is 15.1. The van der Waals surface area contributed by atoms with Gasteiger partial charge in [0.2, 0.25) is 0 Å². The quantitative estimate of drug-likeness (QED) is 0.477. The van der Waals surface area contributed by atoms with E-state index in [0.717, 1.165) is 6.54 Å². The first-order valence-corrected chi connectivity index (χ1v) is 9.67. The monoisotopic (exact) mass is 361 g/mol. The van der Waals surface area contributed by atoms with Crippen LogP contribution >= 0.6 is 0 Å². The van der Waals surface area contributed by atoms with Crippen molar-refractivity contribution in [2.24, 2.45) is 10.7 Å². The molecule has 3 aromatic rings. The fourth-order valence-corrected chi connectivity index (χ4v) is 3.48. The summed E-state index contributed by atoms with van der Waals surface area (Å²) < 4.78 is 0. The van der Waals surface area contributed by atoms with Gasteiger partial charge in [-0.2, -0.15) is 0 Å². The maximum absolute atomic E-state index is 5.08. The average molecular weight is 362 g/mol. The van der Waals surface area contributed by atoms with Gasteiger partial charge in [0.25, 0.3) is 0 Å². The Morgan fingerprint density at radius 3 is 2.37 bits per heavy atom. The molecule has 1 unspecified atom stereocenters. The summed E-state index contributed by atoms with van der Waals surface area (Å²) in [5, 5.41) is 2.78. The van der Waals surface area contributed by atoms with Gasteiger partial charge in [0.1, 0.15) is 0 Å². The van der Waals surface area contributed by atoms with Gasteiger partial charge in [0, 0.05) is 25.2 Å². The summed E-state index contributed by atoms with van der Waals surface area (Å²) >= 11 is 0. The molecule has 3 aromatic carbocycles. The highest BCUT2D eigenvalue weighted by Gasteiger charge is 2.24. The number of benzene rings is 3. The number of likely N-dealkylation sites (N-methyl/N-ethyl adjacent to an activating group) is 1. The molecule has 0 fully saturated rings. The van der Waals surface area contributed by atoms with Crippen LogP contribution in [0.4, 0.5) is 5.69 Å². The van der Waals surface area contributed by atoms with Gasteiger partial charge in [-0.15, -0.1) is 0 Å². The van der Waals surface area contributed by atoms with Crippen LogP contribution in [0.5, 0.6) is 0 Å². The van der Waals surface area contributed by atoms with Crippen molar-refractivity contribution < 1.29 is 0 Å². The Morgan fingerprint density at radius 1 is 1.00 bits per heavy atom. The van der Waals surface area contributed by atoms with Crippen molar-refractivity contribution in [1.29, 1.82) is 0 Å². The third-order valence-electron chi connectivity index (χ3n) is 4.62. The van der Waals surface area contributed by atoms with E-state index >= 15 is 0 Å². The molecule has 0 aromatic heterocycles. The van der Waals surface area contributed by atoms with Gasteiger partial charge >= 0.3 is 0 Å². The zero-order valence-corrected chi connectivity index (χ0v) is 16.9. The highest BCUT2D eigenvalue weighted by molar-refractivity contribution is 5.92. The average Bonchev–Trinajstić information content (AvgIpc) is 3.03. The molecule has 1 aliphatic rings. The van der Waals surface area contributed by atoms with Gasteiger partial charge in [-0.1, -0.05) is 81.4 Å². The van der Waals surface area contributed by atoms with Crippen molar-refractivity contribution in [3.63, 3.8) is 0 Å². The molecule has 1 atom stereocenters. The van der Waals surface area contributed by atoms with E-state index in [1.54, 1.807) is 0 Å². The second kappa shape index (κ2) is 10.4. The summed E-state index contributed by atoms with van der Waals surface area (Å²) in [4.78, 5) is 6.25. The SMILES string of the molecule is CC.CC1CN(C)c2ccc3ccccc3c21.NC=NCc1ccccc1. The van der Waals surface area contributed by atoms with Gasteiger partial charge in [-0.25, -0.2) is 0 Å². The number of hydrogen-bond donors (Lipinski definition) is 1. The van der Waals surface area contributed by atoms with Gasteiger partial charge < -0.3 is 10.6 Å².